The molecule has 1 unspecified atom stereocenters. The number of amides is 1. The SMILES string of the molecule is CCCNC(C)(C(N)=O)c1nccs1. The van der Waals surface area contributed by atoms with E-state index < -0.39 is 5.54 Å². The molecule has 1 heterocycles. The molecule has 0 saturated heterocycles. The Morgan fingerprint density at radius 1 is 1.79 bits per heavy atom. The summed E-state index contributed by atoms with van der Waals surface area (Å²) in [5.74, 6) is -0.388. The number of nitrogens with one attached hydrogen (secondary N) is 1. The van der Waals surface area contributed by atoms with Crippen molar-refractivity contribution in [1.82, 2.24) is 10.3 Å². The number of nitrogens with zero attached hydrogens (tertiary/aromatic N) is 1. The lowest BCUT2D eigenvalue weighted by Gasteiger charge is -2.24. The Labute approximate surface area is 87.5 Å². The highest BCUT2D eigenvalue weighted by atomic mass is 32.1. The number of nitrogens with two attached hydrogens (primary N) is 1. The number of primary amides is 1. The molecule has 1 aromatic rings. The Bertz CT molecular complexity index is 299. The van der Waals surface area contributed by atoms with Crippen molar-refractivity contribution in [3.63, 3.8) is 0 Å². The second-order valence-electron chi connectivity index (χ2n) is 3.25. The van der Waals surface area contributed by atoms with Gasteiger partial charge in [0.05, 0.1) is 0 Å². The first-order valence-corrected chi connectivity index (χ1v) is 5.44. The fourth-order valence-electron chi connectivity index (χ4n) is 1.11. The molecule has 1 amide bonds. The van der Waals surface area contributed by atoms with Crippen LogP contribution in [0.15, 0.2) is 11.6 Å². The first-order valence-electron chi connectivity index (χ1n) is 4.56. The van der Waals surface area contributed by atoms with Gasteiger partial charge in [-0.15, -0.1) is 11.3 Å². The van der Waals surface area contributed by atoms with Crippen molar-refractivity contribution < 1.29 is 4.79 Å². The Morgan fingerprint density at radius 2 is 2.50 bits per heavy atom. The maximum Gasteiger partial charge on any atom is 0.244 e. The summed E-state index contributed by atoms with van der Waals surface area (Å²) >= 11 is 1.43. The van der Waals surface area contributed by atoms with Crippen molar-refractivity contribution in [2.75, 3.05) is 6.54 Å². The number of carbonyl (C=O) groups is 1. The van der Waals surface area contributed by atoms with E-state index in [0.29, 0.717) is 0 Å². The molecule has 5 heteroatoms. The van der Waals surface area contributed by atoms with E-state index in [2.05, 4.69) is 10.3 Å². The van der Waals surface area contributed by atoms with E-state index in [0.717, 1.165) is 18.0 Å². The molecule has 0 bridgehead atoms. The number of hydrogen-bond acceptors (Lipinski definition) is 4. The zero-order valence-corrected chi connectivity index (χ0v) is 9.23. The number of carbonyl (C=O) groups excluding carboxylic acids is 1. The molecular weight excluding hydrogens is 198 g/mol. The molecule has 0 saturated carbocycles. The van der Waals surface area contributed by atoms with Crippen LogP contribution in [0, 0.1) is 0 Å². The molecule has 0 aliphatic carbocycles. The summed E-state index contributed by atoms with van der Waals surface area (Å²) in [7, 11) is 0. The van der Waals surface area contributed by atoms with Crippen molar-refractivity contribution in [3.8, 4) is 0 Å². The Hall–Kier alpha value is -0.940. The third-order valence-corrected chi connectivity index (χ3v) is 3.08. The Kier molecular flexibility index (Phi) is 3.60. The maximum absolute atomic E-state index is 11.4. The molecular formula is C9H15N3OS. The lowest BCUT2D eigenvalue weighted by Crippen LogP contribution is -2.50. The zero-order valence-electron chi connectivity index (χ0n) is 8.41. The van der Waals surface area contributed by atoms with Crippen LogP contribution < -0.4 is 11.1 Å². The summed E-state index contributed by atoms with van der Waals surface area (Å²) in [6.45, 7) is 4.55. The predicted molar refractivity (Wildman–Crippen MR) is 57.0 cm³/mol. The highest BCUT2D eigenvalue weighted by Gasteiger charge is 2.34. The van der Waals surface area contributed by atoms with E-state index in [1.165, 1.54) is 11.3 Å². The van der Waals surface area contributed by atoms with Crippen LogP contribution in [-0.2, 0) is 10.3 Å². The first-order chi connectivity index (χ1) is 6.61. The van der Waals surface area contributed by atoms with Crippen LogP contribution in [-0.4, -0.2) is 17.4 Å². The monoisotopic (exact) mass is 213 g/mol. The van der Waals surface area contributed by atoms with E-state index in [4.69, 9.17) is 5.73 Å². The molecule has 0 spiro atoms. The van der Waals surface area contributed by atoms with Gasteiger partial charge in [-0.3, -0.25) is 10.1 Å². The number of rotatable bonds is 5. The molecule has 0 radical (unpaired) electrons. The fraction of sp³-hybridized carbons (Fsp3) is 0.556. The van der Waals surface area contributed by atoms with Crippen LogP contribution in [0.25, 0.3) is 0 Å². The molecule has 0 fully saturated rings. The normalized spacial score (nSPS) is 15.0. The molecule has 0 aliphatic rings. The summed E-state index contributed by atoms with van der Waals surface area (Å²) in [4.78, 5) is 15.5. The summed E-state index contributed by atoms with van der Waals surface area (Å²) in [6, 6.07) is 0. The standard InChI is InChI=1S/C9H15N3OS/c1-3-4-12-9(2,7(10)13)8-11-5-6-14-8/h5-6,12H,3-4H2,1-2H3,(H2,10,13). The number of hydrogen-bond donors (Lipinski definition) is 2. The van der Waals surface area contributed by atoms with Gasteiger partial charge in [-0.1, -0.05) is 6.92 Å². The minimum absolute atomic E-state index is 0.388. The van der Waals surface area contributed by atoms with Crippen LogP contribution in [0.2, 0.25) is 0 Å². The molecule has 0 aliphatic heterocycles. The van der Waals surface area contributed by atoms with Gasteiger partial charge < -0.3 is 5.73 Å². The zero-order chi connectivity index (χ0) is 10.6. The minimum Gasteiger partial charge on any atom is -0.368 e. The second-order valence-corrected chi connectivity index (χ2v) is 4.15. The van der Waals surface area contributed by atoms with E-state index in [1.54, 1.807) is 13.1 Å². The number of thiazole rings is 1. The van der Waals surface area contributed by atoms with E-state index in [1.807, 2.05) is 12.3 Å². The topological polar surface area (TPSA) is 68.0 Å². The molecule has 78 valence electrons. The van der Waals surface area contributed by atoms with Gasteiger partial charge in [0.2, 0.25) is 5.91 Å². The van der Waals surface area contributed by atoms with Crippen molar-refractivity contribution in [1.29, 1.82) is 0 Å². The Morgan fingerprint density at radius 3 is 2.93 bits per heavy atom. The molecule has 1 aromatic heterocycles. The first kappa shape index (κ1) is 11.1. The molecule has 4 nitrogen and oxygen atoms in total. The summed E-state index contributed by atoms with van der Waals surface area (Å²) in [5, 5.41) is 5.68. The second kappa shape index (κ2) is 4.52. The van der Waals surface area contributed by atoms with Crippen molar-refractivity contribution in [2.24, 2.45) is 5.73 Å². The Balaban J connectivity index is 2.87. The van der Waals surface area contributed by atoms with Crippen LogP contribution in [0.3, 0.4) is 0 Å². The average Bonchev–Trinajstić information content (AvgIpc) is 2.66. The van der Waals surface area contributed by atoms with Gasteiger partial charge in [0.1, 0.15) is 10.5 Å². The summed E-state index contributed by atoms with van der Waals surface area (Å²) < 4.78 is 0. The van der Waals surface area contributed by atoms with Crippen molar-refractivity contribution in [2.45, 2.75) is 25.8 Å². The van der Waals surface area contributed by atoms with Gasteiger partial charge in [0, 0.05) is 11.6 Å². The highest BCUT2D eigenvalue weighted by molar-refractivity contribution is 7.09. The molecule has 1 atom stereocenters. The fourth-order valence-corrected chi connectivity index (χ4v) is 1.89. The smallest absolute Gasteiger partial charge is 0.244 e. The van der Waals surface area contributed by atoms with Gasteiger partial charge in [0.15, 0.2) is 0 Å². The number of aromatic nitrogens is 1. The predicted octanol–water partition coefficient (Wildman–Crippen LogP) is 0.843. The molecule has 14 heavy (non-hydrogen) atoms. The minimum atomic E-state index is -0.829. The van der Waals surface area contributed by atoms with Crippen molar-refractivity contribution in [3.05, 3.63) is 16.6 Å². The lowest BCUT2D eigenvalue weighted by atomic mass is 10.0. The van der Waals surface area contributed by atoms with Crippen LogP contribution in [0.4, 0.5) is 0 Å². The van der Waals surface area contributed by atoms with E-state index in [-0.39, 0.29) is 5.91 Å². The van der Waals surface area contributed by atoms with Gasteiger partial charge >= 0.3 is 0 Å². The third-order valence-electron chi connectivity index (χ3n) is 2.08. The van der Waals surface area contributed by atoms with Crippen LogP contribution in [0.1, 0.15) is 25.3 Å². The quantitative estimate of drug-likeness (QED) is 0.761. The summed E-state index contributed by atoms with van der Waals surface area (Å²) in [5.41, 5.74) is 4.54. The van der Waals surface area contributed by atoms with E-state index >= 15 is 0 Å². The van der Waals surface area contributed by atoms with Crippen LogP contribution >= 0.6 is 11.3 Å². The molecule has 1 rings (SSSR count). The van der Waals surface area contributed by atoms with Gasteiger partial charge in [-0.2, -0.15) is 0 Å². The van der Waals surface area contributed by atoms with Gasteiger partial charge in [-0.25, -0.2) is 4.98 Å². The molecule has 3 N–H and O–H groups in total. The third kappa shape index (κ3) is 2.10. The average molecular weight is 213 g/mol. The maximum atomic E-state index is 11.4. The van der Waals surface area contributed by atoms with Crippen LogP contribution in [0.5, 0.6) is 0 Å². The molecule has 0 aromatic carbocycles. The van der Waals surface area contributed by atoms with Gasteiger partial charge in [-0.05, 0) is 19.9 Å². The van der Waals surface area contributed by atoms with Crippen molar-refractivity contribution >= 4 is 17.2 Å². The van der Waals surface area contributed by atoms with E-state index in [9.17, 15) is 4.79 Å². The highest BCUT2D eigenvalue weighted by Crippen LogP contribution is 2.22. The summed E-state index contributed by atoms with van der Waals surface area (Å²) in [6.07, 6.45) is 2.63. The largest absolute Gasteiger partial charge is 0.368 e. The lowest BCUT2D eigenvalue weighted by molar-refractivity contribution is -0.124. The van der Waals surface area contributed by atoms with Gasteiger partial charge in [0.25, 0.3) is 0 Å².